The van der Waals surface area contributed by atoms with Gasteiger partial charge in [-0.2, -0.15) is 4.31 Å². The number of thioether (sulfide) groups is 1. The molecule has 22 heavy (non-hydrogen) atoms. The van der Waals surface area contributed by atoms with Gasteiger partial charge in [0.2, 0.25) is 15.9 Å². The standard InChI is InChI=1S/C15H22N2O3S2/c1-12(2)15(18)16-8-10-17(11-9-16)22(19,20)14-6-4-13(21-3)5-7-14/h4-7,12H,8-11H2,1-3H3. The molecule has 0 N–H and O–H groups in total. The molecule has 0 bridgehead atoms. The summed E-state index contributed by atoms with van der Waals surface area (Å²) in [5.74, 6) is 0.0311. The molecule has 0 atom stereocenters. The second kappa shape index (κ2) is 7.02. The van der Waals surface area contributed by atoms with Gasteiger partial charge in [0.25, 0.3) is 0 Å². The van der Waals surface area contributed by atoms with Crippen molar-refractivity contribution in [1.29, 1.82) is 0 Å². The van der Waals surface area contributed by atoms with Crippen LogP contribution in [-0.4, -0.2) is 56.0 Å². The summed E-state index contributed by atoms with van der Waals surface area (Å²) in [5, 5.41) is 0. The molecule has 1 amide bonds. The average molecular weight is 342 g/mol. The maximum Gasteiger partial charge on any atom is 0.243 e. The highest BCUT2D eigenvalue weighted by molar-refractivity contribution is 7.98. The smallest absolute Gasteiger partial charge is 0.243 e. The van der Waals surface area contributed by atoms with E-state index in [1.165, 1.54) is 4.31 Å². The molecule has 7 heteroatoms. The van der Waals surface area contributed by atoms with Gasteiger partial charge < -0.3 is 4.90 Å². The van der Waals surface area contributed by atoms with Crippen LogP contribution in [0.2, 0.25) is 0 Å². The SMILES string of the molecule is CSc1ccc(S(=O)(=O)N2CCN(C(=O)C(C)C)CC2)cc1. The molecular weight excluding hydrogens is 320 g/mol. The first-order valence-electron chi connectivity index (χ1n) is 7.29. The third-order valence-electron chi connectivity index (χ3n) is 3.74. The Balaban J connectivity index is 2.07. The lowest BCUT2D eigenvalue weighted by atomic mass is 10.2. The number of nitrogens with zero attached hydrogens (tertiary/aromatic N) is 2. The Kier molecular flexibility index (Phi) is 5.52. The molecule has 0 aromatic heterocycles. The predicted molar refractivity (Wildman–Crippen MR) is 88.4 cm³/mol. The van der Waals surface area contributed by atoms with Crippen molar-refractivity contribution in [2.75, 3.05) is 32.4 Å². The first-order valence-corrected chi connectivity index (χ1v) is 9.95. The van der Waals surface area contributed by atoms with Gasteiger partial charge in [0.15, 0.2) is 0 Å². The number of carbonyl (C=O) groups is 1. The number of hydrogen-bond acceptors (Lipinski definition) is 4. The van der Waals surface area contributed by atoms with Crippen molar-refractivity contribution >= 4 is 27.7 Å². The lowest BCUT2D eigenvalue weighted by Gasteiger charge is -2.34. The second-order valence-electron chi connectivity index (χ2n) is 5.56. The summed E-state index contributed by atoms with van der Waals surface area (Å²) in [6.45, 7) is 5.34. The van der Waals surface area contributed by atoms with Gasteiger partial charge >= 0.3 is 0 Å². The molecular formula is C15H22N2O3S2. The van der Waals surface area contributed by atoms with E-state index in [9.17, 15) is 13.2 Å². The van der Waals surface area contributed by atoms with Crippen LogP contribution >= 0.6 is 11.8 Å². The number of rotatable bonds is 4. The van der Waals surface area contributed by atoms with Crippen LogP contribution in [0.1, 0.15) is 13.8 Å². The predicted octanol–water partition coefficient (Wildman–Crippen LogP) is 1.90. The fourth-order valence-corrected chi connectivity index (χ4v) is 4.24. The fourth-order valence-electron chi connectivity index (χ4n) is 2.41. The molecule has 1 aliphatic rings. The van der Waals surface area contributed by atoms with Crippen molar-refractivity contribution in [3.05, 3.63) is 24.3 Å². The molecule has 1 fully saturated rings. The van der Waals surface area contributed by atoms with E-state index in [2.05, 4.69) is 0 Å². The highest BCUT2D eigenvalue weighted by atomic mass is 32.2. The van der Waals surface area contributed by atoms with Crippen molar-refractivity contribution in [2.45, 2.75) is 23.6 Å². The average Bonchev–Trinajstić information content (AvgIpc) is 2.54. The molecule has 1 aromatic carbocycles. The maximum atomic E-state index is 12.6. The van der Waals surface area contributed by atoms with Crippen molar-refractivity contribution < 1.29 is 13.2 Å². The Morgan fingerprint density at radius 1 is 1.09 bits per heavy atom. The Labute approximate surface area is 136 Å². The first kappa shape index (κ1) is 17.3. The zero-order valence-corrected chi connectivity index (χ0v) is 14.8. The Morgan fingerprint density at radius 3 is 2.09 bits per heavy atom. The van der Waals surface area contributed by atoms with E-state index in [4.69, 9.17) is 0 Å². The summed E-state index contributed by atoms with van der Waals surface area (Å²) >= 11 is 1.58. The summed E-state index contributed by atoms with van der Waals surface area (Å²) in [7, 11) is -3.47. The van der Waals surface area contributed by atoms with Crippen LogP contribution < -0.4 is 0 Å². The molecule has 0 radical (unpaired) electrons. The summed E-state index contributed by atoms with van der Waals surface area (Å²) in [6, 6.07) is 6.92. The quantitative estimate of drug-likeness (QED) is 0.784. The van der Waals surface area contributed by atoms with Gasteiger partial charge in [-0.15, -0.1) is 11.8 Å². The van der Waals surface area contributed by atoms with Crippen LogP contribution in [0.25, 0.3) is 0 Å². The molecule has 1 saturated heterocycles. The molecule has 1 aliphatic heterocycles. The summed E-state index contributed by atoms with van der Waals surface area (Å²) < 4.78 is 26.7. The molecule has 0 unspecified atom stereocenters. The lowest BCUT2D eigenvalue weighted by molar-refractivity contribution is -0.135. The maximum absolute atomic E-state index is 12.6. The molecule has 0 spiro atoms. The number of carbonyl (C=O) groups excluding carboxylic acids is 1. The molecule has 5 nitrogen and oxygen atoms in total. The van der Waals surface area contributed by atoms with Crippen LogP contribution in [0.4, 0.5) is 0 Å². The molecule has 0 saturated carbocycles. The minimum absolute atomic E-state index is 0.0535. The van der Waals surface area contributed by atoms with E-state index in [1.807, 2.05) is 32.2 Å². The topological polar surface area (TPSA) is 57.7 Å². The van der Waals surface area contributed by atoms with Gasteiger partial charge in [0, 0.05) is 37.0 Å². The van der Waals surface area contributed by atoms with Crippen LogP contribution in [-0.2, 0) is 14.8 Å². The number of piperazine rings is 1. The summed E-state index contributed by atoms with van der Waals surface area (Å²) in [4.78, 5) is 15.0. The van der Waals surface area contributed by atoms with Gasteiger partial charge in [-0.3, -0.25) is 4.79 Å². The minimum Gasteiger partial charge on any atom is -0.340 e. The highest BCUT2D eigenvalue weighted by Crippen LogP contribution is 2.21. The van der Waals surface area contributed by atoms with E-state index < -0.39 is 10.0 Å². The van der Waals surface area contributed by atoms with Crippen molar-refractivity contribution in [3.63, 3.8) is 0 Å². The zero-order chi connectivity index (χ0) is 16.3. The Bertz CT molecular complexity index is 619. The van der Waals surface area contributed by atoms with Crippen molar-refractivity contribution in [3.8, 4) is 0 Å². The van der Waals surface area contributed by atoms with Crippen molar-refractivity contribution in [1.82, 2.24) is 9.21 Å². The zero-order valence-electron chi connectivity index (χ0n) is 13.2. The number of hydrogen-bond donors (Lipinski definition) is 0. The lowest BCUT2D eigenvalue weighted by Crippen LogP contribution is -2.51. The fraction of sp³-hybridized carbons (Fsp3) is 0.533. The van der Waals surface area contributed by atoms with E-state index in [1.54, 1.807) is 28.8 Å². The van der Waals surface area contributed by atoms with Crippen LogP contribution in [0.5, 0.6) is 0 Å². The summed E-state index contributed by atoms with van der Waals surface area (Å²) in [5.41, 5.74) is 0. The molecule has 1 heterocycles. The minimum atomic E-state index is -3.47. The number of benzene rings is 1. The third kappa shape index (κ3) is 3.64. The van der Waals surface area contributed by atoms with Gasteiger partial charge in [-0.05, 0) is 30.5 Å². The van der Waals surface area contributed by atoms with Gasteiger partial charge in [0.05, 0.1) is 4.90 Å². The van der Waals surface area contributed by atoms with E-state index in [0.29, 0.717) is 31.1 Å². The third-order valence-corrected chi connectivity index (χ3v) is 6.40. The normalized spacial score (nSPS) is 17.0. The van der Waals surface area contributed by atoms with Crippen LogP contribution in [0, 0.1) is 5.92 Å². The Morgan fingerprint density at radius 2 is 1.64 bits per heavy atom. The Hall–Kier alpha value is -1.05. The van der Waals surface area contributed by atoms with Gasteiger partial charge in [0.1, 0.15) is 0 Å². The molecule has 1 aromatic rings. The van der Waals surface area contributed by atoms with E-state index in [-0.39, 0.29) is 11.8 Å². The van der Waals surface area contributed by atoms with Crippen molar-refractivity contribution in [2.24, 2.45) is 5.92 Å². The highest BCUT2D eigenvalue weighted by Gasteiger charge is 2.30. The van der Waals surface area contributed by atoms with Crippen LogP contribution in [0.3, 0.4) is 0 Å². The van der Waals surface area contributed by atoms with E-state index >= 15 is 0 Å². The number of sulfonamides is 1. The largest absolute Gasteiger partial charge is 0.340 e. The first-order chi connectivity index (χ1) is 10.4. The number of amides is 1. The molecule has 2 rings (SSSR count). The molecule has 0 aliphatic carbocycles. The van der Waals surface area contributed by atoms with E-state index in [0.717, 1.165) is 4.90 Å². The second-order valence-corrected chi connectivity index (χ2v) is 8.38. The van der Waals surface area contributed by atoms with Gasteiger partial charge in [-0.1, -0.05) is 13.8 Å². The van der Waals surface area contributed by atoms with Crippen LogP contribution in [0.15, 0.2) is 34.1 Å². The monoisotopic (exact) mass is 342 g/mol. The van der Waals surface area contributed by atoms with Gasteiger partial charge in [-0.25, -0.2) is 8.42 Å². The summed E-state index contributed by atoms with van der Waals surface area (Å²) in [6.07, 6.45) is 1.95. The molecule has 122 valence electrons.